The van der Waals surface area contributed by atoms with Crippen molar-refractivity contribution < 1.29 is 28.6 Å². The average Bonchev–Trinajstić information content (AvgIpc) is 2.77. The van der Waals surface area contributed by atoms with E-state index in [0.717, 1.165) is 5.56 Å². The summed E-state index contributed by atoms with van der Waals surface area (Å²) < 4.78 is 16.1. The minimum atomic E-state index is -0.791. The van der Waals surface area contributed by atoms with Gasteiger partial charge in [-0.3, -0.25) is 9.59 Å². The van der Waals surface area contributed by atoms with Gasteiger partial charge in [-0.05, 0) is 35.8 Å². The number of esters is 1. The molecule has 0 fully saturated rings. The van der Waals surface area contributed by atoms with Crippen molar-refractivity contribution in [1.82, 2.24) is 10.6 Å². The van der Waals surface area contributed by atoms with Gasteiger partial charge in [-0.2, -0.15) is 0 Å². The number of fused-ring (bicyclic) bond motifs is 1. The summed E-state index contributed by atoms with van der Waals surface area (Å²) in [5, 5.41) is 5.14. The zero-order valence-electron chi connectivity index (χ0n) is 17.2. The van der Waals surface area contributed by atoms with Crippen LogP contribution in [0.15, 0.2) is 54.2 Å². The van der Waals surface area contributed by atoms with Gasteiger partial charge in [0.05, 0.1) is 0 Å². The van der Waals surface area contributed by atoms with Crippen LogP contribution in [0.1, 0.15) is 18.1 Å². The molecule has 2 amide bonds. The van der Waals surface area contributed by atoms with Crippen molar-refractivity contribution in [2.75, 3.05) is 26.4 Å². The second kappa shape index (κ2) is 10.8. The minimum absolute atomic E-state index is 0.0391. The number of carbonyl (C=O) groups is 3. The molecule has 0 atom stereocenters. The van der Waals surface area contributed by atoms with Gasteiger partial charge in [-0.15, -0.1) is 0 Å². The molecule has 162 valence electrons. The van der Waals surface area contributed by atoms with Gasteiger partial charge in [-0.25, -0.2) is 4.79 Å². The van der Waals surface area contributed by atoms with Crippen molar-refractivity contribution in [2.45, 2.75) is 13.3 Å². The molecule has 0 saturated heterocycles. The first kappa shape index (κ1) is 21.9. The maximum atomic E-state index is 12.3. The van der Waals surface area contributed by atoms with E-state index in [1.54, 1.807) is 24.3 Å². The van der Waals surface area contributed by atoms with Gasteiger partial charge in [0.2, 0.25) is 5.91 Å². The SMILES string of the molecule is CC(=O)N/C(=C/c1ccccc1)C(=O)OCC(=O)NCCc1ccc2c(c1)OCCO2. The molecule has 0 aromatic heterocycles. The van der Waals surface area contributed by atoms with Crippen molar-refractivity contribution in [2.24, 2.45) is 0 Å². The smallest absolute Gasteiger partial charge is 0.355 e. The van der Waals surface area contributed by atoms with Crippen LogP contribution in [0, 0.1) is 0 Å². The fraction of sp³-hybridized carbons (Fsp3) is 0.261. The van der Waals surface area contributed by atoms with Crippen LogP contribution in [0.3, 0.4) is 0 Å². The molecule has 31 heavy (non-hydrogen) atoms. The first-order chi connectivity index (χ1) is 15.0. The summed E-state index contributed by atoms with van der Waals surface area (Å²) in [6.07, 6.45) is 2.07. The third-order valence-electron chi connectivity index (χ3n) is 4.32. The van der Waals surface area contributed by atoms with Crippen LogP contribution in [0.2, 0.25) is 0 Å². The molecule has 2 aromatic rings. The van der Waals surface area contributed by atoms with E-state index in [-0.39, 0.29) is 5.70 Å². The Bertz CT molecular complexity index is 971. The summed E-state index contributed by atoms with van der Waals surface area (Å²) in [5.41, 5.74) is 1.66. The summed E-state index contributed by atoms with van der Waals surface area (Å²) in [4.78, 5) is 35.7. The van der Waals surface area contributed by atoms with E-state index < -0.39 is 24.4 Å². The topological polar surface area (TPSA) is 103 Å². The van der Waals surface area contributed by atoms with Gasteiger partial charge in [0.25, 0.3) is 5.91 Å². The normalized spacial score (nSPS) is 12.6. The maximum Gasteiger partial charge on any atom is 0.355 e. The summed E-state index contributed by atoms with van der Waals surface area (Å²) in [5.74, 6) is -0.235. The van der Waals surface area contributed by atoms with Crippen LogP contribution in [0.5, 0.6) is 11.5 Å². The van der Waals surface area contributed by atoms with Crippen molar-refractivity contribution in [3.8, 4) is 11.5 Å². The first-order valence-electron chi connectivity index (χ1n) is 9.88. The van der Waals surface area contributed by atoms with Crippen LogP contribution in [0.4, 0.5) is 0 Å². The third kappa shape index (κ3) is 6.88. The number of carbonyl (C=O) groups excluding carboxylic acids is 3. The molecule has 0 spiro atoms. The zero-order chi connectivity index (χ0) is 22.1. The van der Waals surface area contributed by atoms with Crippen LogP contribution in [0.25, 0.3) is 6.08 Å². The lowest BCUT2D eigenvalue weighted by molar-refractivity contribution is -0.145. The van der Waals surface area contributed by atoms with Crippen LogP contribution < -0.4 is 20.1 Å². The molecule has 2 N–H and O–H groups in total. The highest BCUT2D eigenvalue weighted by atomic mass is 16.6. The van der Waals surface area contributed by atoms with E-state index >= 15 is 0 Å². The van der Waals surface area contributed by atoms with E-state index in [2.05, 4.69) is 10.6 Å². The van der Waals surface area contributed by atoms with Crippen molar-refractivity contribution in [1.29, 1.82) is 0 Å². The van der Waals surface area contributed by atoms with Gasteiger partial charge in [0.1, 0.15) is 18.9 Å². The number of ether oxygens (including phenoxy) is 3. The maximum absolute atomic E-state index is 12.3. The molecule has 8 nitrogen and oxygen atoms in total. The molecule has 0 radical (unpaired) electrons. The molecule has 0 bridgehead atoms. The Labute approximate surface area is 180 Å². The Morgan fingerprint density at radius 3 is 2.52 bits per heavy atom. The molecule has 8 heteroatoms. The Morgan fingerprint density at radius 2 is 1.77 bits per heavy atom. The molecular weight excluding hydrogens is 400 g/mol. The quantitative estimate of drug-likeness (QED) is 0.495. The van der Waals surface area contributed by atoms with Gasteiger partial charge in [-0.1, -0.05) is 36.4 Å². The Hall–Kier alpha value is -3.81. The van der Waals surface area contributed by atoms with Crippen molar-refractivity contribution in [3.05, 3.63) is 65.4 Å². The predicted octanol–water partition coefficient (Wildman–Crippen LogP) is 1.84. The summed E-state index contributed by atoms with van der Waals surface area (Å²) >= 11 is 0. The van der Waals surface area contributed by atoms with Gasteiger partial charge in [0, 0.05) is 13.5 Å². The summed E-state index contributed by atoms with van der Waals surface area (Å²) in [7, 11) is 0. The monoisotopic (exact) mass is 424 g/mol. The van der Waals surface area contributed by atoms with Crippen LogP contribution in [-0.2, 0) is 25.5 Å². The largest absolute Gasteiger partial charge is 0.486 e. The van der Waals surface area contributed by atoms with Crippen LogP contribution >= 0.6 is 0 Å². The third-order valence-corrected chi connectivity index (χ3v) is 4.32. The van der Waals surface area contributed by atoms with E-state index in [4.69, 9.17) is 14.2 Å². The highest BCUT2D eigenvalue weighted by Gasteiger charge is 2.15. The second-order valence-corrected chi connectivity index (χ2v) is 6.80. The number of nitrogens with one attached hydrogen (secondary N) is 2. The Morgan fingerprint density at radius 1 is 1.03 bits per heavy atom. The molecular formula is C23H24N2O6. The number of amides is 2. The van der Waals surface area contributed by atoms with E-state index in [1.165, 1.54) is 13.0 Å². The van der Waals surface area contributed by atoms with E-state index in [9.17, 15) is 14.4 Å². The molecule has 3 rings (SSSR count). The lowest BCUT2D eigenvalue weighted by atomic mass is 10.1. The minimum Gasteiger partial charge on any atom is -0.486 e. The van der Waals surface area contributed by atoms with Gasteiger partial charge < -0.3 is 24.8 Å². The van der Waals surface area contributed by atoms with Gasteiger partial charge in [0.15, 0.2) is 18.1 Å². The highest BCUT2D eigenvalue weighted by molar-refractivity contribution is 5.98. The number of rotatable bonds is 8. The lowest BCUT2D eigenvalue weighted by Crippen LogP contribution is -2.32. The lowest BCUT2D eigenvalue weighted by Gasteiger charge is -2.18. The van der Waals surface area contributed by atoms with Gasteiger partial charge >= 0.3 is 5.97 Å². The second-order valence-electron chi connectivity index (χ2n) is 6.80. The van der Waals surface area contributed by atoms with E-state index in [0.29, 0.717) is 43.2 Å². The summed E-state index contributed by atoms with van der Waals surface area (Å²) in [6.45, 7) is 2.25. The number of benzene rings is 2. The summed E-state index contributed by atoms with van der Waals surface area (Å²) in [6, 6.07) is 14.6. The molecule has 2 aromatic carbocycles. The molecule has 0 unspecified atom stereocenters. The van der Waals surface area contributed by atoms with E-state index in [1.807, 2.05) is 24.3 Å². The first-order valence-corrected chi connectivity index (χ1v) is 9.88. The molecule has 0 aliphatic carbocycles. The van der Waals surface area contributed by atoms with Crippen molar-refractivity contribution in [3.63, 3.8) is 0 Å². The Balaban J connectivity index is 1.47. The zero-order valence-corrected chi connectivity index (χ0v) is 17.2. The fourth-order valence-corrected chi connectivity index (χ4v) is 2.90. The molecule has 1 heterocycles. The fourth-order valence-electron chi connectivity index (χ4n) is 2.90. The molecule has 1 aliphatic heterocycles. The Kier molecular flexibility index (Phi) is 7.64. The van der Waals surface area contributed by atoms with Crippen molar-refractivity contribution >= 4 is 23.9 Å². The molecule has 0 saturated carbocycles. The predicted molar refractivity (Wildman–Crippen MR) is 113 cm³/mol. The standard InChI is InChI=1S/C23H24N2O6/c1-16(26)25-19(13-17-5-3-2-4-6-17)23(28)31-15-22(27)24-10-9-18-7-8-20-21(14-18)30-12-11-29-20/h2-8,13-14H,9-12,15H2,1H3,(H,24,27)(H,25,26)/b19-13+. The highest BCUT2D eigenvalue weighted by Crippen LogP contribution is 2.30. The number of hydrogen-bond donors (Lipinski definition) is 2. The van der Waals surface area contributed by atoms with Crippen LogP contribution in [-0.4, -0.2) is 44.1 Å². The molecule has 1 aliphatic rings. The average molecular weight is 424 g/mol. The number of hydrogen-bond acceptors (Lipinski definition) is 6.